The van der Waals surface area contributed by atoms with Crippen LogP contribution in [0.15, 0.2) is 0 Å². The quantitative estimate of drug-likeness (QED) is 0.780. The molecule has 94 valence electrons. The second kappa shape index (κ2) is 6.06. The molecule has 1 rings (SSSR count). The monoisotopic (exact) mass is 230 g/mol. The van der Waals surface area contributed by atoms with Crippen molar-refractivity contribution in [3.63, 3.8) is 0 Å². The predicted octanol–water partition coefficient (Wildman–Crippen LogP) is 0.840. The van der Waals surface area contributed by atoms with Gasteiger partial charge in [-0.15, -0.1) is 0 Å². The summed E-state index contributed by atoms with van der Waals surface area (Å²) in [6, 6.07) is 0.0486. The Labute approximate surface area is 97.1 Å². The van der Waals surface area contributed by atoms with Crippen molar-refractivity contribution in [2.45, 2.75) is 38.5 Å². The molecule has 0 saturated carbocycles. The Balaban J connectivity index is 2.42. The molecule has 1 fully saturated rings. The Hall–Kier alpha value is -0.810. The van der Waals surface area contributed by atoms with Gasteiger partial charge in [0.2, 0.25) is 0 Å². The summed E-state index contributed by atoms with van der Waals surface area (Å²) in [5, 5.41) is 2.86. The molecule has 1 aliphatic rings. The van der Waals surface area contributed by atoms with Gasteiger partial charge in [-0.05, 0) is 33.9 Å². The second-order valence-electron chi connectivity index (χ2n) is 4.53. The van der Waals surface area contributed by atoms with Gasteiger partial charge in [-0.1, -0.05) is 0 Å². The Kier molecular flexibility index (Phi) is 5.02. The largest absolute Gasteiger partial charge is 0.447 e. The van der Waals surface area contributed by atoms with Crippen LogP contribution in [-0.4, -0.2) is 56.5 Å². The fourth-order valence-corrected chi connectivity index (χ4v) is 1.87. The summed E-state index contributed by atoms with van der Waals surface area (Å²) >= 11 is 0. The number of likely N-dealkylation sites (N-methyl/N-ethyl adjacent to an activating group) is 1. The number of hydrogen-bond donors (Lipinski definition) is 1. The normalized spacial score (nSPS) is 26.8. The molecule has 0 aromatic carbocycles. The second-order valence-corrected chi connectivity index (χ2v) is 4.53. The lowest BCUT2D eigenvalue weighted by atomic mass is 10.0. The van der Waals surface area contributed by atoms with Gasteiger partial charge in [0.1, 0.15) is 0 Å². The Morgan fingerprint density at radius 1 is 1.50 bits per heavy atom. The Morgan fingerprint density at radius 2 is 2.19 bits per heavy atom. The van der Waals surface area contributed by atoms with Crippen LogP contribution in [0.3, 0.4) is 0 Å². The zero-order valence-corrected chi connectivity index (χ0v) is 10.5. The fourth-order valence-electron chi connectivity index (χ4n) is 1.87. The number of hydrogen-bond acceptors (Lipinski definition) is 4. The molecule has 1 amide bonds. The molecule has 0 aliphatic carbocycles. The SMILES string of the molecule is COC1CN(C)CCC1NC(=O)OC(C)C. The van der Waals surface area contributed by atoms with Gasteiger partial charge in [-0.25, -0.2) is 4.79 Å². The number of likely N-dealkylation sites (tertiary alicyclic amines) is 1. The van der Waals surface area contributed by atoms with Gasteiger partial charge in [-0.3, -0.25) is 0 Å². The highest BCUT2D eigenvalue weighted by Crippen LogP contribution is 2.12. The van der Waals surface area contributed by atoms with Crippen LogP contribution < -0.4 is 5.32 Å². The van der Waals surface area contributed by atoms with Crippen molar-refractivity contribution in [3.05, 3.63) is 0 Å². The molecule has 1 N–H and O–H groups in total. The van der Waals surface area contributed by atoms with E-state index in [1.807, 2.05) is 13.8 Å². The van der Waals surface area contributed by atoms with E-state index >= 15 is 0 Å². The maximum absolute atomic E-state index is 11.5. The molecule has 5 nitrogen and oxygen atoms in total. The molecule has 0 aromatic rings. The first kappa shape index (κ1) is 13.3. The molecular weight excluding hydrogens is 208 g/mol. The van der Waals surface area contributed by atoms with E-state index in [1.165, 1.54) is 0 Å². The molecule has 1 aliphatic heterocycles. The van der Waals surface area contributed by atoms with E-state index in [4.69, 9.17) is 9.47 Å². The minimum absolute atomic E-state index is 0.0402. The number of nitrogens with zero attached hydrogens (tertiary/aromatic N) is 1. The van der Waals surface area contributed by atoms with E-state index in [0.717, 1.165) is 19.5 Å². The minimum atomic E-state index is -0.355. The van der Waals surface area contributed by atoms with Crippen molar-refractivity contribution in [2.24, 2.45) is 0 Å². The van der Waals surface area contributed by atoms with E-state index in [-0.39, 0.29) is 24.3 Å². The van der Waals surface area contributed by atoms with E-state index in [2.05, 4.69) is 17.3 Å². The van der Waals surface area contributed by atoms with Crippen molar-refractivity contribution < 1.29 is 14.3 Å². The Bertz CT molecular complexity index is 233. The van der Waals surface area contributed by atoms with Crippen LogP contribution in [0.5, 0.6) is 0 Å². The van der Waals surface area contributed by atoms with Crippen LogP contribution >= 0.6 is 0 Å². The third-order valence-electron chi connectivity index (χ3n) is 2.71. The molecular formula is C11H22N2O3. The molecule has 0 bridgehead atoms. The third kappa shape index (κ3) is 3.98. The van der Waals surface area contributed by atoms with E-state index in [1.54, 1.807) is 7.11 Å². The van der Waals surface area contributed by atoms with Gasteiger partial charge in [0.15, 0.2) is 0 Å². The standard InChI is InChI=1S/C11H22N2O3/c1-8(2)16-11(14)12-9-5-6-13(3)7-10(9)15-4/h8-10H,5-7H2,1-4H3,(H,12,14). The summed E-state index contributed by atoms with van der Waals surface area (Å²) in [6.45, 7) is 5.47. The number of piperidine rings is 1. The molecule has 2 unspecified atom stereocenters. The van der Waals surface area contributed by atoms with Crippen LogP contribution in [0, 0.1) is 0 Å². The predicted molar refractivity (Wildman–Crippen MR) is 61.5 cm³/mol. The van der Waals surface area contributed by atoms with Crippen molar-refractivity contribution in [3.8, 4) is 0 Å². The van der Waals surface area contributed by atoms with Gasteiger partial charge in [0.25, 0.3) is 0 Å². The number of amides is 1. The molecule has 0 radical (unpaired) electrons. The van der Waals surface area contributed by atoms with Gasteiger partial charge < -0.3 is 19.7 Å². The maximum Gasteiger partial charge on any atom is 0.407 e. The summed E-state index contributed by atoms with van der Waals surface area (Å²) in [4.78, 5) is 13.7. The van der Waals surface area contributed by atoms with Crippen LogP contribution in [0.1, 0.15) is 20.3 Å². The topological polar surface area (TPSA) is 50.8 Å². The highest BCUT2D eigenvalue weighted by atomic mass is 16.6. The van der Waals surface area contributed by atoms with Crippen molar-refractivity contribution in [2.75, 3.05) is 27.2 Å². The first-order valence-electron chi connectivity index (χ1n) is 5.71. The number of carbonyl (C=O) groups excluding carboxylic acids is 1. The fraction of sp³-hybridized carbons (Fsp3) is 0.909. The minimum Gasteiger partial charge on any atom is -0.447 e. The number of rotatable bonds is 3. The highest BCUT2D eigenvalue weighted by Gasteiger charge is 2.29. The van der Waals surface area contributed by atoms with Gasteiger partial charge in [0, 0.05) is 13.7 Å². The zero-order chi connectivity index (χ0) is 12.1. The van der Waals surface area contributed by atoms with Crippen LogP contribution in [0.25, 0.3) is 0 Å². The summed E-state index contributed by atoms with van der Waals surface area (Å²) in [5.74, 6) is 0. The number of ether oxygens (including phenoxy) is 2. The molecule has 16 heavy (non-hydrogen) atoms. The van der Waals surface area contributed by atoms with Crippen molar-refractivity contribution in [1.29, 1.82) is 0 Å². The molecule has 0 aromatic heterocycles. The molecule has 1 heterocycles. The van der Waals surface area contributed by atoms with Crippen molar-refractivity contribution >= 4 is 6.09 Å². The first-order valence-corrected chi connectivity index (χ1v) is 5.71. The number of alkyl carbamates (subject to hydrolysis) is 1. The number of carbonyl (C=O) groups is 1. The summed E-state index contributed by atoms with van der Waals surface area (Å²) in [5.41, 5.74) is 0. The number of methoxy groups -OCH3 is 1. The van der Waals surface area contributed by atoms with Crippen LogP contribution in [0.2, 0.25) is 0 Å². The van der Waals surface area contributed by atoms with E-state index in [9.17, 15) is 4.79 Å². The highest BCUT2D eigenvalue weighted by molar-refractivity contribution is 5.67. The lowest BCUT2D eigenvalue weighted by Gasteiger charge is -2.35. The Morgan fingerprint density at radius 3 is 2.75 bits per heavy atom. The molecule has 5 heteroatoms. The summed E-state index contributed by atoms with van der Waals surface area (Å²) < 4.78 is 10.4. The maximum atomic E-state index is 11.5. The average Bonchev–Trinajstić information content (AvgIpc) is 2.19. The van der Waals surface area contributed by atoms with E-state index < -0.39 is 0 Å². The lowest BCUT2D eigenvalue weighted by Crippen LogP contribution is -2.54. The van der Waals surface area contributed by atoms with Crippen LogP contribution in [0.4, 0.5) is 4.79 Å². The van der Waals surface area contributed by atoms with Gasteiger partial charge in [0.05, 0.1) is 18.2 Å². The smallest absolute Gasteiger partial charge is 0.407 e. The summed E-state index contributed by atoms with van der Waals surface area (Å²) in [7, 11) is 3.72. The summed E-state index contributed by atoms with van der Waals surface area (Å²) in [6.07, 6.45) is 0.486. The zero-order valence-electron chi connectivity index (χ0n) is 10.5. The van der Waals surface area contributed by atoms with E-state index in [0.29, 0.717) is 0 Å². The van der Waals surface area contributed by atoms with Crippen molar-refractivity contribution in [1.82, 2.24) is 10.2 Å². The average molecular weight is 230 g/mol. The lowest BCUT2D eigenvalue weighted by molar-refractivity contribution is 0.0113. The molecule has 2 atom stereocenters. The molecule has 0 spiro atoms. The third-order valence-corrected chi connectivity index (χ3v) is 2.71. The van der Waals surface area contributed by atoms with Crippen LogP contribution in [-0.2, 0) is 9.47 Å². The van der Waals surface area contributed by atoms with Gasteiger partial charge in [-0.2, -0.15) is 0 Å². The van der Waals surface area contributed by atoms with Gasteiger partial charge >= 0.3 is 6.09 Å². The molecule has 1 saturated heterocycles. The number of nitrogens with one attached hydrogen (secondary N) is 1. The first-order chi connectivity index (χ1) is 7.52.